The summed E-state index contributed by atoms with van der Waals surface area (Å²) in [7, 11) is -1.18. The van der Waals surface area contributed by atoms with Gasteiger partial charge in [0.05, 0.1) is 0 Å². The number of hydrogen-bond acceptors (Lipinski definition) is 6. The molecule has 0 aromatic carbocycles. The summed E-state index contributed by atoms with van der Waals surface area (Å²) in [4.78, 5) is 31.6. The summed E-state index contributed by atoms with van der Waals surface area (Å²) in [5.74, 6) is 0.704. The van der Waals surface area contributed by atoms with E-state index < -0.39 is 20.2 Å². The van der Waals surface area contributed by atoms with E-state index in [2.05, 4.69) is 47.1 Å². The minimum absolute atomic E-state index is 0.0106. The SMILES string of the molecule is CC1CCC(C(NC(=O)O)C(=O)Nc2cc3c(cn2)C2(CCOCC2)CN3COCC[Si](C)(C)C)CC1. The molecule has 9 nitrogen and oxygen atoms in total. The highest BCUT2D eigenvalue weighted by molar-refractivity contribution is 6.76. The molecule has 3 aliphatic rings. The predicted molar refractivity (Wildman–Crippen MR) is 147 cm³/mol. The number of nitrogens with zero attached hydrogens (tertiary/aromatic N) is 2. The molecule has 1 spiro atoms. The molecule has 2 aliphatic heterocycles. The average Bonchev–Trinajstić information content (AvgIpc) is 3.12. The molecule has 3 N–H and O–H groups in total. The van der Waals surface area contributed by atoms with Crippen LogP contribution in [0.3, 0.4) is 0 Å². The van der Waals surface area contributed by atoms with Gasteiger partial charge in [-0.25, -0.2) is 9.78 Å². The van der Waals surface area contributed by atoms with E-state index in [1.807, 2.05) is 12.3 Å². The van der Waals surface area contributed by atoms with Crippen molar-refractivity contribution in [2.24, 2.45) is 11.8 Å². The molecule has 1 saturated heterocycles. The van der Waals surface area contributed by atoms with Crippen molar-refractivity contribution in [2.75, 3.05) is 43.3 Å². The Kier molecular flexibility index (Phi) is 8.80. The van der Waals surface area contributed by atoms with Crippen LogP contribution in [0.4, 0.5) is 16.3 Å². The third kappa shape index (κ3) is 7.03. The Morgan fingerprint density at radius 3 is 2.59 bits per heavy atom. The fraction of sp³-hybridized carbons (Fsp3) is 0.741. The zero-order valence-electron chi connectivity index (χ0n) is 22.8. The van der Waals surface area contributed by atoms with Crippen LogP contribution in [0.1, 0.15) is 51.0 Å². The Labute approximate surface area is 221 Å². The van der Waals surface area contributed by atoms with Crippen molar-refractivity contribution in [3.05, 3.63) is 17.8 Å². The number of anilines is 2. The summed E-state index contributed by atoms with van der Waals surface area (Å²) in [6.45, 7) is 12.8. The van der Waals surface area contributed by atoms with Crippen molar-refractivity contribution < 1.29 is 24.2 Å². The first-order valence-electron chi connectivity index (χ1n) is 13.8. The van der Waals surface area contributed by atoms with E-state index in [1.54, 1.807) is 0 Å². The number of carboxylic acid groups (broad SMARTS) is 1. The zero-order valence-corrected chi connectivity index (χ0v) is 23.8. The van der Waals surface area contributed by atoms with Gasteiger partial charge in [0.1, 0.15) is 18.6 Å². The molecule has 1 aliphatic carbocycles. The number of carbonyl (C=O) groups is 2. The van der Waals surface area contributed by atoms with E-state index in [4.69, 9.17) is 9.47 Å². The average molecular weight is 533 g/mol. The summed E-state index contributed by atoms with van der Waals surface area (Å²) in [5.41, 5.74) is 2.20. The molecule has 3 heterocycles. The number of ether oxygens (including phenoxy) is 2. The molecular formula is C27H44N4O5Si. The number of aromatic nitrogens is 1. The summed E-state index contributed by atoms with van der Waals surface area (Å²) in [6.07, 6.45) is 6.27. The van der Waals surface area contributed by atoms with Crippen molar-refractivity contribution in [1.82, 2.24) is 10.3 Å². The fourth-order valence-electron chi connectivity index (χ4n) is 5.93. The highest BCUT2D eigenvalue weighted by Gasteiger charge is 2.44. The number of hydrogen-bond donors (Lipinski definition) is 3. The Bertz CT molecular complexity index is 955. The van der Waals surface area contributed by atoms with Crippen LogP contribution in [-0.4, -0.2) is 69.3 Å². The number of fused-ring (bicyclic) bond motifs is 2. The van der Waals surface area contributed by atoms with Gasteiger partial charge in [-0.3, -0.25) is 4.79 Å². The monoisotopic (exact) mass is 532 g/mol. The molecule has 1 aromatic rings. The topological polar surface area (TPSA) is 113 Å². The summed E-state index contributed by atoms with van der Waals surface area (Å²) >= 11 is 0. The van der Waals surface area contributed by atoms with Crippen LogP contribution in [-0.2, 0) is 19.7 Å². The van der Waals surface area contributed by atoms with Gasteiger partial charge in [0.2, 0.25) is 5.91 Å². The lowest BCUT2D eigenvalue weighted by molar-refractivity contribution is -0.119. The Morgan fingerprint density at radius 1 is 1.24 bits per heavy atom. The largest absolute Gasteiger partial charge is 0.465 e. The van der Waals surface area contributed by atoms with Crippen molar-refractivity contribution in [3.8, 4) is 0 Å². The number of nitrogens with one attached hydrogen (secondary N) is 2. The van der Waals surface area contributed by atoms with Crippen LogP contribution in [0.2, 0.25) is 25.7 Å². The normalized spacial score (nSPS) is 23.9. The van der Waals surface area contributed by atoms with Crippen LogP contribution in [0.25, 0.3) is 0 Å². The van der Waals surface area contributed by atoms with Crippen LogP contribution in [0.5, 0.6) is 0 Å². The maximum Gasteiger partial charge on any atom is 0.405 e. The van der Waals surface area contributed by atoms with Gasteiger partial charge in [-0.05, 0) is 43.6 Å². The van der Waals surface area contributed by atoms with E-state index in [0.29, 0.717) is 18.5 Å². The quantitative estimate of drug-likeness (QED) is 0.313. The fourth-order valence-corrected chi connectivity index (χ4v) is 6.69. The Hall–Kier alpha value is -2.17. The second-order valence-corrected chi connectivity index (χ2v) is 18.1. The Balaban J connectivity index is 1.50. The molecule has 2 amide bonds. The van der Waals surface area contributed by atoms with E-state index >= 15 is 0 Å². The van der Waals surface area contributed by atoms with Gasteiger partial charge in [0, 0.05) is 63.4 Å². The van der Waals surface area contributed by atoms with Gasteiger partial charge in [-0.2, -0.15) is 0 Å². The van der Waals surface area contributed by atoms with Gasteiger partial charge in [-0.15, -0.1) is 0 Å². The molecular weight excluding hydrogens is 488 g/mol. The second-order valence-electron chi connectivity index (χ2n) is 12.5. The van der Waals surface area contributed by atoms with Gasteiger partial charge in [0.15, 0.2) is 0 Å². The van der Waals surface area contributed by atoms with Crippen molar-refractivity contribution >= 4 is 31.6 Å². The highest BCUT2D eigenvalue weighted by Crippen LogP contribution is 2.47. The van der Waals surface area contributed by atoms with Crippen LogP contribution in [0, 0.1) is 11.8 Å². The highest BCUT2D eigenvalue weighted by atomic mass is 28.3. The molecule has 0 radical (unpaired) electrons. The third-order valence-electron chi connectivity index (χ3n) is 8.33. The molecule has 1 saturated carbocycles. The third-order valence-corrected chi connectivity index (χ3v) is 10.0. The smallest absolute Gasteiger partial charge is 0.405 e. The van der Waals surface area contributed by atoms with Crippen molar-refractivity contribution in [2.45, 2.75) is 82.6 Å². The van der Waals surface area contributed by atoms with E-state index in [-0.39, 0.29) is 17.2 Å². The molecule has 4 rings (SSSR count). The maximum absolute atomic E-state index is 13.3. The molecule has 2 fully saturated rings. The number of amides is 2. The minimum Gasteiger partial charge on any atom is -0.465 e. The van der Waals surface area contributed by atoms with E-state index in [1.165, 1.54) is 5.56 Å². The summed E-state index contributed by atoms with van der Waals surface area (Å²) in [6, 6.07) is 2.25. The molecule has 37 heavy (non-hydrogen) atoms. The molecule has 1 atom stereocenters. The lowest BCUT2D eigenvalue weighted by Gasteiger charge is -2.34. The molecule has 206 valence electrons. The molecule has 10 heteroatoms. The minimum atomic E-state index is -1.18. The molecule has 1 unspecified atom stereocenters. The number of rotatable bonds is 9. The first kappa shape index (κ1) is 27.9. The van der Waals surface area contributed by atoms with Gasteiger partial charge >= 0.3 is 6.09 Å². The van der Waals surface area contributed by atoms with Gasteiger partial charge < -0.3 is 30.1 Å². The lowest BCUT2D eigenvalue weighted by atomic mass is 9.76. The van der Waals surface area contributed by atoms with Crippen LogP contribution < -0.4 is 15.5 Å². The number of pyridine rings is 1. The van der Waals surface area contributed by atoms with Crippen LogP contribution >= 0.6 is 0 Å². The first-order chi connectivity index (χ1) is 17.6. The lowest BCUT2D eigenvalue weighted by Crippen LogP contribution is -2.49. The standard InChI is InChI=1S/C27H44N4O5Si/c1-19-5-7-20(8-6-19)24(30-26(33)34)25(32)29-23-15-22-21(16-28-23)27(9-11-35-12-10-27)17-31(22)18-36-13-14-37(2,3)4/h15-16,19-20,24,30H,5-14,17-18H2,1-4H3,(H,33,34)(H,28,29,32). The van der Waals surface area contributed by atoms with Gasteiger partial charge in [0.25, 0.3) is 0 Å². The van der Waals surface area contributed by atoms with E-state index in [9.17, 15) is 14.7 Å². The molecule has 1 aromatic heterocycles. The second kappa shape index (κ2) is 11.7. The van der Waals surface area contributed by atoms with Crippen molar-refractivity contribution in [1.29, 1.82) is 0 Å². The zero-order chi connectivity index (χ0) is 26.6. The number of carbonyl (C=O) groups excluding carboxylic acids is 1. The van der Waals surface area contributed by atoms with Crippen molar-refractivity contribution in [3.63, 3.8) is 0 Å². The maximum atomic E-state index is 13.3. The van der Waals surface area contributed by atoms with Gasteiger partial charge in [-0.1, -0.05) is 39.4 Å². The van der Waals surface area contributed by atoms with Crippen LogP contribution in [0.15, 0.2) is 12.3 Å². The Morgan fingerprint density at radius 2 is 1.95 bits per heavy atom. The summed E-state index contributed by atoms with van der Waals surface area (Å²) in [5, 5.41) is 14.8. The first-order valence-corrected chi connectivity index (χ1v) is 17.5. The van der Waals surface area contributed by atoms with E-state index in [0.717, 1.165) is 76.6 Å². The predicted octanol–water partition coefficient (Wildman–Crippen LogP) is 4.66. The molecule has 0 bridgehead atoms. The summed E-state index contributed by atoms with van der Waals surface area (Å²) < 4.78 is 11.8.